The number of nitrogens with zero attached hydrogens (tertiary/aromatic N) is 1. The summed E-state index contributed by atoms with van der Waals surface area (Å²) in [4.78, 5) is 14.3. The smallest absolute Gasteiger partial charge is 0.285 e. The van der Waals surface area contributed by atoms with E-state index in [-0.39, 0.29) is 0 Å². The molecule has 0 aromatic heterocycles. The second kappa shape index (κ2) is 3.23. The molecule has 0 aliphatic heterocycles. The third kappa shape index (κ3) is 2.38. The second-order valence-corrected chi connectivity index (χ2v) is 1.13. The maximum absolute atomic E-state index is 10.2. The zero-order valence-corrected chi connectivity index (χ0v) is 4.71. The number of urea groups is 1. The summed E-state index contributed by atoms with van der Waals surface area (Å²) in [5.74, 6) is 0. The van der Waals surface area contributed by atoms with Crippen LogP contribution < -0.4 is 5.48 Å². The molecule has 48 valence electrons. The average molecular weight is 120 g/mol. The molecule has 0 radical (unpaired) electrons. The van der Waals surface area contributed by atoms with Crippen LogP contribution in [0.5, 0.6) is 0 Å². The van der Waals surface area contributed by atoms with Gasteiger partial charge in [0.15, 0.2) is 0 Å². The lowest BCUT2D eigenvalue weighted by Crippen LogP contribution is -2.33. The Kier molecular flexibility index (Phi) is 2.90. The van der Waals surface area contributed by atoms with Gasteiger partial charge in [-0.3, -0.25) is 10.0 Å². The molecule has 0 aliphatic rings. The largest absolute Gasteiger partial charge is 0.364 e. The maximum atomic E-state index is 10.2. The van der Waals surface area contributed by atoms with E-state index in [1.54, 1.807) is 0 Å². The van der Waals surface area contributed by atoms with Gasteiger partial charge in [-0.15, -0.1) is 0 Å². The van der Waals surface area contributed by atoms with Gasteiger partial charge in [-0.05, 0) is 0 Å². The molecule has 2 amide bonds. The van der Waals surface area contributed by atoms with Gasteiger partial charge in [0.05, 0.1) is 7.11 Å². The molecule has 0 aromatic carbocycles. The maximum Gasteiger partial charge on any atom is 0.364 e. The second-order valence-electron chi connectivity index (χ2n) is 1.13. The fourth-order valence-corrected chi connectivity index (χ4v) is 0.153. The predicted molar refractivity (Wildman–Crippen MR) is 25.1 cm³/mol. The molecule has 0 atom stereocenters. The van der Waals surface area contributed by atoms with E-state index in [0.717, 1.165) is 0 Å². The van der Waals surface area contributed by atoms with Crippen molar-refractivity contribution in [3.8, 4) is 0 Å². The molecule has 5 nitrogen and oxygen atoms in total. The minimum absolute atomic E-state index is 0.378. The minimum atomic E-state index is -0.701. The van der Waals surface area contributed by atoms with E-state index in [1.807, 2.05) is 5.48 Å². The van der Waals surface area contributed by atoms with Gasteiger partial charge in [-0.25, -0.2) is 15.3 Å². The number of rotatable bonds is 1. The Balaban J connectivity index is 3.33. The molecular formula is C3H8N2O3. The van der Waals surface area contributed by atoms with Crippen molar-refractivity contribution in [2.75, 3.05) is 14.2 Å². The van der Waals surface area contributed by atoms with Gasteiger partial charge in [0, 0.05) is 7.05 Å². The van der Waals surface area contributed by atoms with Crippen molar-refractivity contribution in [2.24, 2.45) is 0 Å². The normalized spacial score (nSPS) is 8.38. The highest BCUT2D eigenvalue weighted by Gasteiger charge is 2.00. The van der Waals surface area contributed by atoms with E-state index >= 15 is 0 Å². The highest BCUT2D eigenvalue weighted by Crippen LogP contribution is 1.72. The summed E-state index contributed by atoms with van der Waals surface area (Å²) in [6.45, 7) is 0. The van der Waals surface area contributed by atoms with Crippen molar-refractivity contribution in [3.63, 3.8) is 0 Å². The lowest BCUT2D eigenvalue weighted by atomic mass is 11.0. The van der Waals surface area contributed by atoms with Crippen LogP contribution in [0.2, 0.25) is 0 Å². The third-order valence-corrected chi connectivity index (χ3v) is 0.483. The molecule has 0 fully saturated rings. The van der Waals surface area contributed by atoms with Gasteiger partial charge in [-0.2, -0.15) is 0 Å². The lowest BCUT2D eigenvalue weighted by Gasteiger charge is -2.06. The minimum Gasteiger partial charge on any atom is -0.285 e. The molecule has 5 heteroatoms. The van der Waals surface area contributed by atoms with E-state index in [1.165, 1.54) is 14.2 Å². The highest BCUT2D eigenvalue weighted by atomic mass is 16.7. The molecule has 8 heavy (non-hydrogen) atoms. The number of amides is 2. The molecule has 0 spiro atoms. The lowest BCUT2D eigenvalue weighted by molar-refractivity contribution is -0.0384. The Bertz CT molecular complexity index is 82.6. The first-order valence-corrected chi connectivity index (χ1v) is 1.94. The summed E-state index contributed by atoms with van der Waals surface area (Å²) in [6.07, 6.45) is 0. The van der Waals surface area contributed by atoms with Crippen LogP contribution in [0.1, 0.15) is 0 Å². The van der Waals surface area contributed by atoms with Gasteiger partial charge in [0.2, 0.25) is 0 Å². The molecule has 0 unspecified atom stereocenters. The van der Waals surface area contributed by atoms with E-state index in [4.69, 9.17) is 5.21 Å². The van der Waals surface area contributed by atoms with E-state index in [9.17, 15) is 4.79 Å². The standard InChI is InChI=1S/C3H8N2O3/c1-5(7)3(6)4-8-2/h7H,1-2H3,(H,4,6). The summed E-state index contributed by atoms with van der Waals surface area (Å²) < 4.78 is 0. The Morgan fingerprint density at radius 1 is 1.88 bits per heavy atom. The van der Waals surface area contributed by atoms with Crippen molar-refractivity contribution in [2.45, 2.75) is 0 Å². The highest BCUT2D eigenvalue weighted by molar-refractivity contribution is 5.71. The monoisotopic (exact) mass is 120 g/mol. The first kappa shape index (κ1) is 7.19. The first-order chi connectivity index (χ1) is 3.68. The summed E-state index contributed by atoms with van der Waals surface area (Å²) in [7, 11) is 2.47. The van der Waals surface area contributed by atoms with Crippen LogP contribution in [-0.2, 0) is 4.84 Å². The SMILES string of the molecule is CONC(=O)N(C)O. The number of carbonyl (C=O) groups is 1. The number of hydrogen-bond acceptors (Lipinski definition) is 3. The fraction of sp³-hybridized carbons (Fsp3) is 0.667. The Hall–Kier alpha value is -0.810. The van der Waals surface area contributed by atoms with Crippen LogP contribution in [0.15, 0.2) is 0 Å². The summed E-state index contributed by atoms with van der Waals surface area (Å²) in [6, 6.07) is -0.701. The van der Waals surface area contributed by atoms with E-state index in [2.05, 4.69) is 4.84 Å². The molecule has 2 N–H and O–H groups in total. The van der Waals surface area contributed by atoms with Crippen molar-refractivity contribution in [1.29, 1.82) is 0 Å². The fourth-order valence-electron chi connectivity index (χ4n) is 0.153. The van der Waals surface area contributed by atoms with Crippen molar-refractivity contribution in [3.05, 3.63) is 0 Å². The molecule has 0 bridgehead atoms. The Morgan fingerprint density at radius 3 is 2.50 bits per heavy atom. The van der Waals surface area contributed by atoms with Crippen LogP contribution in [-0.4, -0.2) is 30.5 Å². The molecule has 0 heterocycles. The van der Waals surface area contributed by atoms with Crippen molar-refractivity contribution < 1.29 is 14.8 Å². The molecule has 0 aliphatic carbocycles. The quantitative estimate of drug-likeness (QED) is 0.365. The topological polar surface area (TPSA) is 61.8 Å². The Labute approximate surface area is 46.8 Å². The van der Waals surface area contributed by atoms with Crippen molar-refractivity contribution >= 4 is 6.03 Å². The molecule has 0 saturated heterocycles. The van der Waals surface area contributed by atoms with Gasteiger partial charge in [0.1, 0.15) is 0 Å². The Morgan fingerprint density at radius 2 is 2.38 bits per heavy atom. The van der Waals surface area contributed by atoms with Crippen molar-refractivity contribution in [1.82, 2.24) is 10.5 Å². The van der Waals surface area contributed by atoms with Crippen LogP contribution in [0.3, 0.4) is 0 Å². The number of hydrogen-bond donors (Lipinski definition) is 2. The van der Waals surface area contributed by atoms with Gasteiger partial charge >= 0.3 is 6.03 Å². The van der Waals surface area contributed by atoms with Crippen LogP contribution in [0.4, 0.5) is 4.79 Å². The zero-order chi connectivity index (χ0) is 6.57. The van der Waals surface area contributed by atoms with Gasteiger partial charge in [0.25, 0.3) is 0 Å². The van der Waals surface area contributed by atoms with Gasteiger partial charge < -0.3 is 0 Å². The third-order valence-electron chi connectivity index (χ3n) is 0.483. The molecule has 0 rings (SSSR count). The predicted octanol–water partition coefficient (Wildman–Crippen LogP) is -0.422. The van der Waals surface area contributed by atoms with Crippen LogP contribution in [0, 0.1) is 0 Å². The summed E-state index contributed by atoms with van der Waals surface area (Å²) in [5, 5.41) is 8.67. The number of carbonyl (C=O) groups excluding carboxylic acids is 1. The van der Waals surface area contributed by atoms with E-state index in [0.29, 0.717) is 5.06 Å². The van der Waals surface area contributed by atoms with Crippen LogP contribution in [0.25, 0.3) is 0 Å². The molecule has 0 saturated carbocycles. The first-order valence-electron chi connectivity index (χ1n) is 1.94. The van der Waals surface area contributed by atoms with E-state index < -0.39 is 6.03 Å². The van der Waals surface area contributed by atoms with Crippen LogP contribution >= 0.6 is 0 Å². The summed E-state index contributed by atoms with van der Waals surface area (Å²) in [5.41, 5.74) is 1.88. The van der Waals surface area contributed by atoms with Gasteiger partial charge in [-0.1, -0.05) is 0 Å². The molecular weight excluding hydrogens is 112 g/mol. The summed E-state index contributed by atoms with van der Waals surface area (Å²) >= 11 is 0. The average Bonchev–Trinajstić information content (AvgIpc) is 1.67. The number of hydroxylamine groups is 3. The molecule has 0 aromatic rings. The zero-order valence-electron chi connectivity index (χ0n) is 4.71. The number of nitrogens with one attached hydrogen (secondary N) is 1.